The van der Waals surface area contributed by atoms with Gasteiger partial charge < -0.3 is 29.3 Å². The summed E-state index contributed by atoms with van der Waals surface area (Å²) in [6.07, 6.45) is 7.65. The molecular weight excluding hydrogens is 554 g/mol. The van der Waals surface area contributed by atoms with Gasteiger partial charge in [-0.3, -0.25) is 29.1 Å². The standard InChI is InChI=1S/C31H47N5O7/c1-3-43-31(40)23-6-8-25(9-7-23)35-13-15-36(16-14-35)27(37)10-17-41-19-20-42-18-12-33-30(39)26-21-28(38)34(2)29(26)24-5-4-11-32-22-24/h4-5,11,22-23,25-26,29H,3,6-10,12-21H2,1-2H3,(H,33,39)/t23-,25-,26-,29+/m0/s1. The number of hydrogen-bond acceptors (Lipinski definition) is 9. The van der Waals surface area contributed by atoms with Crippen LogP contribution in [0.25, 0.3) is 0 Å². The second kappa shape index (κ2) is 16.7. The SMILES string of the molecule is CCOC(=O)[C@H]1CC[C@H](N2CCN(C(=O)CCOCCOCCNC(=O)[C@H]3CC(=O)N(C)[C@@H]3c3cccnc3)CC2)CC1. The number of likely N-dealkylation sites (tertiary alicyclic amines) is 1. The van der Waals surface area contributed by atoms with Gasteiger partial charge in [0.15, 0.2) is 0 Å². The molecule has 0 bridgehead atoms. The highest BCUT2D eigenvalue weighted by Crippen LogP contribution is 2.36. The third-order valence-corrected chi connectivity index (χ3v) is 8.83. The number of hydrogen-bond donors (Lipinski definition) is 1. The van der Waals surface area contributed by atoms with E-state index in [-0.39, 0.29) is 42.1 Å². The quantitative estimate of drug-likeness (QED) is 0.248. The van der Waals surface area contributed by atoms with Gasteiger partial charge in [0.1, 0.15) is 0 Å². The summed E-state index contributed by atoms with van der Waals surface area (Å²) in [5, 5.41) is 2.88. The highest BCUT2D eigenvalue weighted by molar-refractivity contribution is 5.90. The topological polar surface area (TPSA) is 131 Å². The van der Waals surface area contributed by atoms with Crippen molar-refractivity contribution in [2.75, 3.05) is 72.8 Å². The molecule has 3 aliphatic rings. The summed E-state index contributed by atoms with van der Waals surface area (Å²) in [6.45, 7) is 7.20. The molecule has 3 heterocycles. The normalized spacial score (nSPS) is 24.7. The van der Waals surface area contributed by atoms with Crippen molar-refractivity contribution in [2.45, 2.75) is 57.5 Å². The molecule has 2 aliphatic heterocycles. The zero-order valence-corrected chi connectivity index (χ0v) is 25.6. The molecule has 12 nitrogen and oxygen atoms in total. The van der Waals surface area contributed by atoms with Crippen molar-refractivity contribution in [2.24, 2.45) is 11.8 Å². The molecule has 4 rings (SSSR count). The lowest BCUT2D eigenvalue weighted by atomic mass is 9.85. The minimum atomic E-state index is -0.469. The molecule has 3 amide bonds. The fourth-order valence-corrected chi connectivity index (χ4v) is 6.40. The molecular formula is C31H47N5O7. The van der Waals surface area contributed by atoms with E-state index in [1.165, 1.54) is 0 Å². The average molecular weight is 602 g/mol. The molecule has 0 spiro atoms. The van der Waals surface area contributed by atoms with E-state index in [2.05, 4.69) is 15.2 Å². The minimum Gasteiger partial charge on any atom is -0.466 e. The molecule has 12 heteroatoms. The molecule has 0 radical (unpaired) electrons. The number of pyridine rings is 1. The average Bonchev–Trinajstić information content (AvgIpc) is 3.34. The van der Waals surface area contributed by atoms with Crippen LogP contribution in [-0.2, 0) is 33.4 Å². The Morgan fingerprint density at radius 3 is 2.40 bits per heavy atom. The van der Waals surface area contributed by atoms with Gasteiger partial charge in [0.25, 0.3) is 0 Å². The maximum absolute atomic E-state index is 12.8. The predicted molar refractivity (Wildman–Crippen MR) is 158 cm³/mol. The van der Waals surface area contributed by atoms with Gasteiger partial charge in [0, 0.05) is 64.6 Å². The van der Waals surface area contributed by atoms with E-state index in [4.69, 9.17) is 14.2 Å². The summed E-state index contributed by atoms with van der Waals surface area (Å²) in [5.41, 5.74) is 0.844. The van der Waals surface area contributed by atoms with Gasteiger partial charge in [-0.2, -0.15) is 0 Å². The minimum absolute atomic E-state index is 0.0360. The van der Waals surface area contributed by atoms with Crippen molar-refractivity contribution in [3.63, 3.8) is 0 Å². The Hall–Kier alpha value is -3.09. The van der Waals surface area contributed by atoms with E-state index in [1.807, 2.05) is 17.9 Å². The van der Waals surface area contributed by atoms with Gasteiger partial charge in [-0.05, 0) is 44.2 Å². The first kappa shape index (κ1) is 32.8. The maximum Gasteiger partial charge on any atom is 0.308 e. The second-order valence-electron chi connectivity index (χ2n) is 11.5. The molecule has 1 N–H and O–H groups in total. The van der Waals surface area contributed by atoms with Crippen molar-refractivity contribution >= 4 is 23.7 Å². The van der Waals surface area contributed by atoms with Crippen molar-refractivity contribution in [3.8, 4) is 0 Å². The first-order chi connectivity index (χ1) is 20.9. The molecule has 1 saturated carbocycles. The third-order valence-electron chi connectivity index (χ3n) is 8.83. The molecule has 1 aliphatic carbocycles. The number of ether oxygens (including phenoxy) is 3. The number of nitrogens with one attached hydrogen (secondary N) is 1. The predicted octanol–water partition coefficient (Wildman–Crippen LogP) is 1.41. The van der Waals surface area contributed by atoms with Crippen LogP contribution in [0.1, 0.15) is 57.1 Å². The van der Waals surface area contributed by atoms with Crippen LogP contribution in [0.4, 0.5) is 0 Å². The van der Waals surface area contributed by atoms with Crippen molar-refractivity contribution in [1.82, 2.24) is 25.0 Å². The molecule has 1 aromatic heterocycles. The lowest BCUT2D eigenvalue weighted by Gasteiger charge is -2.41. The van der Waals surface area contributed by atoms with Crippen molar-refractivity contribution < 1.29 is 33.4 Å². The van der Waals surface area contributed by atoms with E-state index in [0.29, 0.717) is 52.0 Å². The number of amides is 3. The summed E-state index contributed by atoms with van der Waals surface area (Å²) >= 11 is 0. The zero-order valence-electron chi connectivity index (χ0n) is 25.6. The highest BCUT2D eigenvalue weighted by Gasteiger charge is 2.42. The molecule has 1 aromatic rings. The summed E-state index contributed by atoms with van der Waals surface area (Å²) < 4.78 is 16.3. The smallest absolute Gasteiger partial charge is 0.308 e. The summed E-state index contributed by atoms with van der Waals surface area (Å²) in [5.74, 6) is -0.620. The van der Waals surface area contributed by atoms with Crippen LogP contribution >= 0.6 is 0 Å². The fraction of sp³-hybridized carbons (Fsp3) is 0.710. The van der Waals surface area contributed by atoms with Gasteiger partial charge in [0.05, 0.1) is 57.3 Å². The van der Waals surface area contributed by atoms with Crippen LogP contribution in [0.5, 0.6) is 0 Å². The Labute approximate surface area is 254 Å². The monoisotopic (exact) mass is 601 g/mol. The Bertz CT molecular complexity index is 1060. The lowest BCUT2D eigenvalue weighted by molar-refractivity contribution is -0.149. The summed E-state index contributed by atoms with van der Waals surface area (Å²) in [6, 6.07) is 3.84. The second-order valence-corrected chi connectivity index (χ2v) is 11.5. The van der Waals surface area contributed by atoms with Crippen LogP contribution < -0.4 is 5.32 Å². The fourth-order valence-electron chi connectivity index (χ4n) is 6.40. The Kier molecular flexibility index (Phi) is 12.7. The van der Waals surface area contributed by atoms with E-state index >= 15 is 0 Å². The number of rotatable bonds is 14. The van der Waals surface area contributed by atoms with Gasteiger partial charge in [0.2, 0.25) is 17.7 Å². The molecule has 2 saturated heterocycles. The molecule has 2 atom stereocenters. The largest absolute Gasteiger partial charge is 0.466 e. The number of carbonyl (C=O) groups excluding carboxylic acids is 4. The number of carbonyl (C=O) groups is 4. The number of esters is 1. The van der Waals surface area contributed by atoms with Crippen LogP contribution in [0, 0.1) is 11.8 Å². The number of piperazine rings is 1. The molecule has 0 unspecified atom stereocenters. The molecule has 3 fully saturated rings. The van der Waals surface area contributed by atoms with Gasteiger partial charge in [-0.25, -0.2) is 0 Å². The molecule has 238 valence electrons. The van der Waals surface area contributed by atoms with Crippen molar-refractivity contribution in [1.29, 1.82) is 0 Å². The first-order valence-corrected chi connectivity index (χ1v) is 15.7. The van der Waals surface area contributed by atoms with Gasteiger partial charge in [-0.15, -0.1) is 0 Å². The van der Waals surface area contributed by atoms with Crippen LogP contribution in [-0.4, -0.2) is 122 Å². The van der Waals surface area contributed by atoms with Crippen LogP contribution in [0.3, 0.4) is 0 Å². The Balaban J connectivity index is 1.01. The Morgan fingerprint density at radius 1 is 1.00 bits per heavy atom. The van der Waals surface area contributed by atoms with Crippen molar-refractivity contribution in [3.05, 3.63) is 30.1 Å². The van der Waals surface area contributed by atoms with Crippen LogP contribution in [0.2, 0.25) is 0 Å². The summed E-state index contributed by atoms with van der Waals surface area (Å²) in [7, 11) is 1.72. The highest BCUT2D eigenvalue weighted by atomic mass is 16.5. The lowest BCUT2D eigenvalue weighted by Crippen LogP contribution is -2.52. The third kappa shape index (κ3) is 9.20. The van der Waals surface area contributed by atoms with E-state index in [1.54, 1.807) is 30.4 Å². The summed E-state index contributed by atoms with van der Waals surface area (Å²) in [4.78, 5) is 59.8. The van der Waals surface area contributed by atoms with E-state index in [0.717, 1.165) is 57.4 Å². The number of nitrogens with zero attached hydrogens (tertiary/aromatic N) is 4. The Morgan fingerprint density at radius 2 is 1.72 bits per heavy atom. The van der Waals surface area contributed by atoms with E-state index < -0.39 is 5.92 Å². The van der Waals surface area contributed by atoms with Gasteiger partial charge >= 0.3 is 5.97 Å². The van der Waals surface area contributed by atoms with Gasteiger partial charge in [-0.1, -0.05) is 6.07 Å². The number of aromatic nitrogens is 1. The van der Waals surface area contributed by atoms with E-state index in [9.17, 15) is 19.2 Å². The zero-order chi connectivity index (χ0) is 30.6. The molecule has 43 heavy (non-hydrogen) atoms. The maximum atomic E-state index is 12.8. The van der Waals surface area contributed by atoms with Crippen LogP contribution in [0.15, 0.2) is 24.5 Å². The molecule has 0 aromatic carbocycles. The first-order valence-electron chi connectivity index (χ1n) is 15.7.